The van der Waals surface area contributed by atoms with Gasteiger partial charge in [0.25, 0.3) is 0 Å². The van der Waals surface area contributed by atoms with Crippen LogP contribution in [-0.2, 0) is 14.3 Å². The van der Waals surface area contributed by atoms with E-state index in [4.69, 9.17) is 14.2 Å². The molecular weight excluding hydrogens is 262 g/mol. The molecule has 0 saturated carbocycles. The van der Waals surface area contributed by atoms with Crippen molar-refractivity contribution in [2.45, 2.75) is 19.4 Å². The Kier molecular flexibility index (Phi) is 5.11. The molecule has 1 fully saturated rings. The minimum atomic E-state index is -0.484. The molecule has 2 heterocycles. The second-order valence-corrected chi connectivity index (χ2v) is 4.37. The summed E-state index contributed by atoms with van der Waals surface area (Å²) in [6.07, 6.45) is 2.34. The Morgan fingerprint density at radius 2 is 2.40 bits per heavy atom. The van der Waals surface area contributed by atoms with Gasteiger partial charge in [-0.15, -0.1) is 0 Å². The number of carbonyl (C=O) groups is 1. The molecule has 1 aliphatic heterocycles. The van der Waals surface area contributed by atoms with Crippen LogP contribution >= 0.6 is 0 Å². The summed E-state index contributed by atoms with van der Waals surface area (Å²) in [5, 5.41) is 0. The zero-order chi connectivity index (χ0) is 14.4. The Balaban J connectivity index is 2.16. The summed E-state index contributed by atoms with van der Waals surface area (Å²) in [7, 11) is 1.37. The lowest BCUT2D eigenvalue weighted by Gasteiger charge is -2.34. The van der Waals surface area contributed by atoms with E-state index in [0.29, 0.717) is 38.1 Å². The Hall–Kier alpha value is -1.89. The van der Waals surface area contributed by atoms with Gasteiger partial charge in [-0.05, 0) is 6.42 Å². The highest BCUT2D eigenvalue weighted by molar-refractivity contribution is 5.80. The SMILES string of the molecule is CCCOc1cc(N2CCOCC2C(=O)OC)ncn1. The third-order valence-electron chi connectivity index (χ3n) is 2.98. The van der Waals surface area contributed by atoms with Gasteiger partial charge in [0.1, 0.15) is 12.1 Å². The van der Waals surface area contributed by atoms with Crippen LogP contribution in [0.3, 0.4) is 0 Å². The van der Waals surface area contributed by atoms with Crippen molar-refractivity contribution in [1.82, 2.24) is 9.97 Å². The fraction of sp³-hybridized carbons (Fsp3) is 0.615. The second kappa shape index (κ2) is 7.04. The molecule has 1 atom stereocenters. The van der Waals surface area contributed by atoms with Crippen molar-refractivity contribution in [1.29, 1.82) is 0 Å². The molecule has 1 unspecified atom stereocenters. The van der Waals surface area contributed by atoms with Gasteiger partial charge in [-0.3, -0.25) is 0 Å². The Bertz CT molecular complexity index is 455. The van der Waals surface area contributed by atoms with E-state index in [1.807, 2.05) is 11.8 Å². The number of hydrogen-bond acceptors (Lipinski definition) is 7. The normalized spacial score (nSPS) is 18.7. The van der Waals surface area contributed by atoms with Gasteiger partial charge in [0, 0.05) is 12.6 Å². The molecule has 0 amide bonds. The largest absolute Gasteiger partial charge is 0.478 e. The minimum Gasteiger partial charge on any atom is -0.478 e. The predicted molar refractivity (Wildman–Crippen MR) is 71.8 cm³/mol. The summed E-state index contributed by atoms with van der Waals surface area (Å²) in [5.41, 5.74) is 0. The molecule has 0 bridgehead atoms. The highest BCUT2D eigenvalue weighted by Gasteiger charge is 2.31. The average molecular weight is 281 g/mol. The third kappa shape index (κ3) is 3.36. The van der Waals surface area contributed by atoms with Crippen LogP contribution in [0.5, 0.6) is 5.88 Å². The molecule has 0 spiro atoms. The van der Waals surface area contributed by atoms with Gasteiger partial charge in [0.05, 0.1) is 26.9 Å². The van der Waals surface area contributed by atoms with Crippen molar-refractivity contribution >= 4 is 11.8 Å². The number of aromatic nitrogens is 2. The average Bonchev–Trinajstić information content (AvgIpc) is 2.52. The van der Waals surface area contributed by atoms with Crippen LogP contribution in [0.1, 0.15) is 13.3 Å². The molecule has 1 aromatic rings. The number of anilines is 1. The molecule has 0 aromatic carbocycles. The molecule has 0 radical (unpaired) electrons. The number of morpholine rings is 1. The number of esters is 1. The van der Waals surface area contributed by atoms with Crippen molar-refractivity contribution in [2.75, 3.05) is 38.4 Å². The van der Waals surface area contributed by atoms with E-state index in [9.17, 15) is 4.79 Å². The number of methoxy groups -OCH3 is 1. The number of nitrogens with zero attached hydrogens (tertiary/aromatic N) is 3. The zero-order valence-electron chi connectivity index (χ0n) is 11.7. The maximum Gasteiger partial charge on any atom is 0.330 e. The van der Waals surface area contributed by atoms with Gasteiger partial charge in [-0.1, -0.05) is 6.92 Å². The lowest BCUT2D eigenvalue weighted by Crippen LogP contribution is -2.51. The topological polar surface area (TPSA) is 73.8 Å². The molecule has 2 rings (SSSR count). The fourth-order valence-electron chi connectivity index (χ4n) is 1.98. The van der Waals surface area contributed by atoms with Crippen LogP contribution in [0.15, 0.2) is 12.4 Å². The van der Waals surface area contributed by atoms with E-state index in [1.54, 1.807) is 6.07 Å². The Labute approximate surface area is 117 Å². The predicted octanol–water partition coefficient (Wildman–Crippen LogP) is 0.644. The van der Waals surface area contributed by atoms with Crippen molar-refractivity contribution in [3.63, 3.8) is 0 Å². The molecule has 0 aliphatic carbocycles. The Morgan fingerprint density at radius 1 is 1.55 bits per heavy atom. The van der Waals surface area contributed by atoms with E-state index in [2.05, 4.69) is 9.97 Å². The molecule has 1 aromatic heterocycles. The first kappa shape index (κ1) is 14.5. The minimum absolute atomic E-state index is 0.293. The van der Waals surface area contributed by atoms with Crippen molar-refractivity contribution < 1.29 is 19.0 Å². The standard InChI is InChI=1S/C13H19N3O4/c1-3-5-20-12-7-11(14-9-15-12)16-4-6-19-8-10(16)13(17)18-2/h7,9-10H,3-6,8H2,1-2H3. The summed E-state index contributed by atoms with van der Waals surface area (Å²) in [6.45, 7) is 4.03. The van der Waals surface area contributed by atoms with E-state index >= 15 is 0 Å². The van der Waals surface area contributed by atoms with Crippen molar-refractivity contribution in [3.8, 4) is 5.88 Å². The van der Waals surface area contributed by atoms with E-state index in [-0.39, 0.29) is 5.97 Å². The quantitative estimate of drug-likeness (QED) is 0.733. The second-order valence-electron chi connectivity index (χ2n) is 4.37. The summed E-state index contributed by atoms with van der Waals surface area (Å²) in [4.78, 5) is 21.9. The maximum absolute atomic E-state index is 11.8. The Morgan fingerprint density at radius 3 is 3.15 bits per heavy atom. The lowest BCUT2D eigenvalue weighted by molar-refractivity contribution is -0.144. The van der Waals surface area contributed by atoms with Crippen LogP contribution < -0.4 is 9.64 Å². The van der Waals surface area contributed by atoms with Crippen LogP contribution in [0.25, 0.3) is 0 Å². The maximum atomic E-state index is 11.8. The molecule has 1 aliphatic rings. The van der Waals surface area contributed by atoms with Crippen molar-refractivity contribution in [2.24, 2.45) is 0 Å². The highest BCUT2D eigenvalue weighted by Crippen LogP contribution is 2.21. The zero-order valence-corrected chi connectivity index (χ0v) is 11.7. The van der Waals surface area contributed by atoms with Crippen LogP contribution in [0.2, 0.25) is 0 Å². The van der Waals surface area contributed by atoms with Gasteiger partial charge in [0.15, 0.2) is 6.04 Å². The number of hydrogen-bond donors (Lipinski definition) is 0. The molecule has 7 heteroatoms. The first-order chi connectivity index (χ1) is 9.76. The molecule has 20 heavy (non-hydrogen) atoms. The van der Waals surface area contributed by atoms with Crippen molar-refractivity contribution in [3.05, 3.63) is 12.4 Å². The first-order valence-corrected chi connectivity index (χ1v) is 6.63. The summed E-state index contributed by atoms with van der Waals surface area (Å²) in [5.74, 6) is 0.816. The fourth-order valence-corrected chi connectivity index (χ4v) is 1.98. The third-order valence-corrected chi connectivity index (χ3v) is 2.98. The van der Waals surface area contributed by atoms with Gasteiger partial charge in [-0.2, -0.15) is 0 Å². The number of ether oxygens (including phenoxy) is 3. The molecular formula is C13H19N3O4. The van der Waals surface area contributed by atoms with Gasteiger partial charge < -0.3 is 19.1 Å². The monoisotopic (exact) mass is 281 g/mol. The molecule has 0 N–H and O–H groups in total. The highest BCUT2D eigenvalue weighted by atomic mass is 16.5. The first-order valence-electron chi connectivity index (χ1n) is 6.63. The lowest BCUT2D eigenvalue weighted by atomic mass is 10.2. The number of rotatable bonds is 5. The summed E-state index contributed by atoms with van der Waals surface area (Å²) >= 11 is 0. The van der Waals surface area contributed by atoms with Gasteiger partial charge >= 0.3 is 5.97 Å². The van der Waals surface area contributed by atoms with Crippen LogP contribution in [0.4, 0.5) is 5.82 Å². The van der Waals surface area contributed by atoms with Gasteiger partial charge in [-0.25, -0.2) is 14.8 Å². The summed E-state index contributed by atoms with van der Waals surface area (Å²) < 4.78 is 15.6. The van der Waals surface area contributed by atoms with Crippen LogP contribution in [0, 0.1) is 0 Å². The summed E-state index contributed by atoms with van der Waals surface area (Å²) in [6, 6.07) is 1.25. The molecule has 1 saturated heterocycles. The van der Waals surface area contributed by atoms with E-state index in [0.717, 1.165) is 6.42 Å². The van der Waals surface area contributed by atoms with E-state index in [1.165, 1.54) is 13.4 Å². The molecule has 7 nitrogen and oxygen atoms in total. The molecule has 110 valence electrons. The van der Waals surface area contributed by atoms with E-state index < -0.39 is 6.04 Å². The van der Waals surface area contributed by atoms with Gasteiger partial charge in [0.2, 0.25) is 5.88 Å². The smallest absolute Gasteiger partial charge is 0.330 e. The number of carbonyl (C=O) groups excluding carboxylic acids is 1. The van der Waals surface area contributed by atoms with Crippen LogP contribution in [-0.4, -0.2) is 55.5 Å².